The lowest BCUT2D eigenvalue weighted by Gasteiger charge is -2.38. The van der Waals surface area contributed by atoms with E-state index in [4.69, 9.17) is 5.10 Å². The van der Waals surface area contributed by atoms with Crippen LogP contribution in [0.4, 0.5) is 20.3 Å². The Balaban J connectivity index is 1.20. The van der Waals surface area contributed by atoms with E-state index in [0.717, 1.165) is 99.0 Å². The van der Waals surface area contributed by atoms with Crippen molar-refractivity contribution in [2.45, 2.75) is 71.4 Å². The molecule has 244 valence electrons. The highest BCUT2D eigenvalue weighted by Gasteiger charge is 2.35. The van der Waals surface area contributed by atoms with E-state index in [9.17, 15) is 13.6 Å². The first kappa shape index (κ1) is 30.6. The Morgan fingerprint density at radius 2 is 1.93 bits per heavy atom. The zero-order valence-corrected chi connectivity index (χ0v) is 27.0. The number of alkyl halides is 2. The summed E-state index contributed by atoms with van der Waals surface area (Å²) in [4.78, 5) is 19.2. The molecule has 9 nitrogen and oxygen atoms in total. The number of fused-ring (bicyclic) bond motifs is 2. The molecule has 11 heteroatoms. The largest absolute Gasteiger partial charge is 0.338 e. The second kappa shape index (κ2) is 12.6. The van der Waals surface area contributed by atoms with E-state index >= 15 is 0 Å². The van der Waals surface area contributed by atoms with Crippen LogP contribution >= 0.6 is 0 Å². The van der Waals surface area contributed by atoms with Gasteiger partial charge in [0.25, 0.3) is 6.43 Å². The van der Waals surface area contributed by atoms with Gasteiger partial charge in [-0.2, -0.15) is 5.10 Å². The second-order valence-electron chi connectivity index (χ2n) is 13.9. The number of carbonyl (C=O) groups excluding carboxylic acids is 1. The van der Waals surface area contributed by atoms with E-state index in [1.165, 1.54) is 18.7 Å². The number of hydrazine groups is 1. The molecule has 1 amide bonds. The quantitative estimate of drug-likeness (QED) is 0.493. The Labute approximate surface area is 265 Å². The minimum atomic E-state index is -2.58. The van der Waals surface area contributed by atoms with Gasteiger partial charge < -0.3 is 25.0 Å². The normalized spacial score (nSPS) is 24.7. The molecule has 7 rings (SSSR count). The third-order valence-corrected chi connectivity index (χ3v) is 10.9. The average Bonchev–Trinajstić information content (AvgIpc) is 3.65. The first-order valence-corrected chi connectivity index (χ1v) is 17.0. The smallest absolute Gasteiger partial charge is 0.264 e. The highest BCUT2D eigenvalue weighted by Crippen LogP contribution is 2.43. The van der Waals surface area contributed by atoms with Gasteiger partial charge in [0.05, 0.1) is 12.6 Å². The second-order valence-corrected chi connectivity index (χ2v) is 13.9. The maximum Gasteiger partial charge on any atom is 0.264 e. The molecular weight excluding hydrogens is 574 g/mol. The lowest BCUT2D eigenvalue weighted by molar-refractivity contribution is -0.129. The maximum atomic E-state index is 14.6. The number of nitrogens with zero attached hydrogens (tertiary/aromatic N) is 6. The molecule has 45 heavy (non-hydrogen) atoms. The van der Waals surface area contributed by atoms with Crippen molar-refractivity contribution in [3.8, 4) is 0 Å². The number of amides is 1. The molecule has 2 N–H and O–H groups in total. The lowest BCUT2D eigenvalue weighted by atomic mass is 9.87. The van der Waals surface area contributed by atoms with Crippen LogP contribution in [0.25, 0.3) is 5.57 Å². The van der Waals surface area contributed by atoms with E-state index in [-0.39, 0.29) is 11.5 Å². The zero-order chi connectivity index (χ0) is 31.2. The van der Waals surface area contributed by atoms with E-state index in [2.05, 4.69) is 32.1 Å². The third-order valence-electron chi connectivity index (χ3n) is 10.9. The summed E-state index contributed by atoms with van der Waals surface area (Å²) >= 11 is 0. The number of nitrogens with one attached hydrogen (secondary N) is 2. The fraction of sp³-hybridized carbons (Fsp3) is 0.647. The number of likely N-dealkylation sites (tertiary alicyclic amines) is 1. The monoisotopic (exact) mass is 622 g/mol. The molecule has 2 aromatic rings. The number of anilines is 2. The van der Waals surface area contributed by atoms with Gasteiger partial charge in [0, 0.05) is 88.4 Å². The van der Waals surface area contributed by atoms with Gasteiger partial charge in [-0.15, -0.1) is 0 Å². The van der Waals surface area contributed by atoms with E-state index in [1.54, 1.807) is 13.0 Å². The number of benzene rings is 1. The molecule has 0 radical (unpaired) electrons. The molecule has 1 aromatic carbocycles. The van der Waals surface area contributed by atoms with Crippen LogP contribution in [0.3, 0.4) is 0 Å². The summed E-state index contributed by atoms with van der Waals surface area (Å²) in [5, 5.41) is 10.7. The number of hydrogen-bond donors (Lipinski definition) is 2. The molecule has 0 bridgehead atoms. The molecule has 5 aliphatic rings. The van der Waals surface area contributed by atoms with Crippen LogP contribution in [0.1, 0.15) is 79.9 Å². The molecule has 2 atom stereocenters. The summed E-state index contributed by atoms with van der Waals surface area (Å²) in [6.07, 6.45) is 5.21. The fourth-order valence-electron chi connectivity index (χ4n) is 8.26. The number of aromatic nitrogens is 2. The lowest BCUT2D eigenvalue weighted by Crippen LogP contribution is -2.44. The van der Waals surface area contributed by atoms with Gasteiger partial charge in [0.15, 0.2) is 5.82 Å². The van der Waals surface area contributed by atoms with Gasteiger partial charge in [-0.1, -0.05) is 6.92 Å². The Hall–Kier alpha value is -3.02. The number of halogens is 2. The van der Waals surface area contributed by atoms with Crippen molar-refractivity contribution < 1.29 is 13.6 Å². The van der Waals surface area contributed by atoms with Gasteiger partial charge >= 0.3 is 0 Å². The number of hydrogen-bond acceptors (Lipinski definition) is 7. The van der Waals surface area contributed by atoms with Crippen LogP contribution < -0.4 is 15.6 Å². The van der Waals surface area contributed by atoms with Gasteiger partial charge in [0.2, 0.25) is 5.91 Å². The summed E-state index contributed by atoms with van der Waals surface area (Å²) in [6, 6.07) is 4.00. The van der Waals surface area contributed by atoms with Gasteiger partial charge in [0.1, 0.15) is 0 Å². The molecule has 0 saturated carbocycles. The van der Waals surface area contributed by atoms with Crippen LogP contribution in [0.15, 0.2) is 18.3 Å². The van der Waals surface area contributed by atoms with Crippen molar-refractivity contribution in [1.29, 1.82) is 0 Å². The van der Waals surface area contributed by atoms with Crippen molar-refractivity contribution in [2.24, 2.45) is 11.8 Å². The van der Waals surface area contributed by atoms with Gasteiger partial charge in [-0.05, 0) is 85.9 Å². The van der Waals surface area contributed by atoms with Crippen molar-refractivity contribution in [3.63, 3.8) is 0 Å². The van der Waals surface area contributed by atoms with Crippen molar-refractivity contribution >= 4 is 23.0 Å². The van der Waals surface area contributed by atoms with Crippen molar-refractivity contribution in [2.75, 3.05) is 64.3 Å². The van der Waals surface area contributed by atoms with Gasteiger partial charge in [-0.25, -0.2) is 14.2 Å². The predicted octanol–water partition coefficient (Wildman–Crippen LogP) is 4.48. The number of rotatable bonds is 6. The molecule has 1 aromatic heterocycles. The molecule has 0 aliphatic carbocycles. The van der Waals surface area contributed by atoms with Crippen molar-refractivity contribution in [1.82, 2.24) is 35.3 Å². The summed E-state index contributed by atoms with van der Waals surface area (Å²) in [5.74, 6) is 2.37. The molecule has 2 saturated heterocycles. The van der Waals surface area contributed by atoms with E-state index in [0.29, 0.717) is 37.2 Å². The molecule has 6 heterocycles. The maximum absolute atomic E-state index is 14.6. The van der Waals surface area contributed by atoms with Gasteiger partial charge in [-0.3, -0.25) is 9.48 Å². The minimum absolute atomic E-state index is 0.0619. The standard InChI is InChI=1S/C34H48F2N8O/c1-22-17-37-10-6-25(22)20-41-12-7-27(8-13-41)44-31-9-14-42(23(2)45)21-30(31)34(39-44)43-11-4-5-24-15-28(26-18-38-40(3)19-26)29(33(35)36)16-32(24)43/h15-16,19,22,25,27,33,37-38H,4-14,17-18,20-21H2,1-3H3. The van der Waals surface area contributed by atoms with Crippen LogP contribution in [0.2, 0.25) is 0 Å². The van der Waals surface area contributed by atoms with Crippen LogP contribution in [0, 0.1) is 11.8 Å². The number of piperidine rings is 2. The molecule has 5 aliphatic heterocycles. The summed E-state index contributed by atoms with van der Waals surface area (Å²) < 4.78 is 31.4. The molecule has 2 unspecified atom stereocenters. The first-order valence-electron chi connectivity index (χ1n) is 17.0. The molecule has 2 fully saturated rings. The predicted molar refractivity (Wildman–Crippen MR) is 172 cm³/mol. The minimum Gasteiger partial charge on any atom is -0.338 e. The molecular formula is C34H48F2N8O. The highest BCUT2D eigenvalue weighted by atomic mass is 19.3. The van der Waals surface area contributed by atoms with E-state index in [1.807, 2.05) is 29.2 Å². The Morgan fingerprint density at radius 3 is 2.64 bits per heavy atom. The SMILES string of the molecule is CC(=O)N1CCc2c(c(N3CCCc4cc(C5=CN(C)NC5)c(C(F)F)cc43)nn2C2CCN(CC3CCNCC3C)CC2)C1. The Kier molecular flexibility index (Phi) is 8.60. The van der Waals surface area contributed by atoms with Crippen molar-refractivity contribution in [3.05, 3.63) is 46.3 Å². The highest BCUT2D eigenvalue weighted by molar-refractivity contribution is 5.78. The molecule has 0 spiro atoms. The summed E-state index contributed by atoms with van der Waals surface area (Å²) in [6.45, 7) is 12.0. The number of carbonyl (C=O) groups is 1. The third kappa shape index (κ3) is 5.99. The summed E-state index contributed by atoms with van der Waals surface area (Å²) in [7, 11) is 1.89. The van der Waals surface area contributed by atoms with Crippen LogP contribution in [-0.2, 0) is 24.2 Å². The van der Waals surface area contributed by atoms with Crippen LogP contribution in [-0.4, -0.2) is 89.9 Å². The first-order chi connectivity index (χ1) is 21.8. The number of aryl methyl sites for hydroxylation is 1. The average molecular weight is 623 g/mol. The fourth-order valence-corrected chi connectivity index (χ4v) is 8.26. The van der Waals surface area contributed by atoms with Crippen LogP contribution in [0.5, 0.6) is 0 Å². The Bertz CT molecular complexity index is 1450. The topological polar surface area (TPSA) is 71.9 Å². The zero-order valence-electron chi connectivity index (χ0n) is 27.0. The van der Waals surface area contributed by atoms with E-state index < -0.39 is 6.43 Å². The summed E-state index contributed by atoms with van der Waals surface area (Å²) in [5.41, 5.74) is 8.99. The Morgan fingerprint density at radius 1 is 1.11 bits per heavy atom.